The van der Waals surface area contributed by atoms with E-state index in [-0.39, 0.29) is 0 Å². The van der Waals surface area contributed by atoms with Crippen LogP contribution < -0.4 is 15.7 Å². The summed E-state index contributed by atoms with van der Waals surface area (Å²) in [6.45, 7) is 10.5. The molecular formula is C22H29NO6S. The number of thioether (sulfide) groups is 1. The molecule has 1 aromatic carbocycles. The smallest absolute Gasteiger partial charge is 0.408 e. The van der Waals surface area contributed by atoms with Gasteiger partial charge in [-0.05, 0) is 83.2 Å². The number of carbonyl (C=O) groups excluding carboxylic acids is 2. The van der Waals surface area contributed by atoms with E-state index < -0.39 is 29.3 Å². The first-order valence-electron chi connectivity index (χ1n) is 9.67. The fourth-order valence-electron chi connectivity index (χ4n) is 2.88. The molecule has 0 fully saturated rings. The van der Waals surface area contributed by atoms with E-state index in [4.69, 9.17) is 13.9 Å². The number of hydrogen-bond acceptors (Lipinski definition) is 7. The van der Waals surface area contributed by atoms with Crippen LogP contribution in [-0.2, 0) is 9.53 Å². The Labute approximate surface area is 180 Å². The monoisotopic (exact) mass is 435 g/mol. The maximum atomic E-state index is 12.9. The zero-order valence-electron chi connectivity index (χ0n) is 18.5. The van der Waals surface area contributed by atoms with Gasteiger partial charge in [-0.15, -0.1) is 0 Å². The number of alkyl carbamates (subject to hydrolysis) is 1. The first-order chi connectivity index (χ1) is 13.9. The van der Waals surface area contributed by atoms with Crippen molar-refractivity contribution < 1.29 is 23.5 Å². The number of rotatable bonds is 6. The molecule has 1 heterocycles. The molecule has 0 saturated heterocycles. The van der Waals surface area contributed by atoms with Crippen LogP contribution in [0.2, 0.25) is 0 Å². The lowest BCUT2D eigenvalue weighted by molar-refractivity contribution is -0.136. The van der Waals surface area contributed by atoms with Gasteiger partial charge in [0.25, 0.3) is 0 Å². The zero-order valence-corrected chi connectivity index (χ0v) is 19.3. The van der Waals surface area contributed by atoms with E-state index in [1.165, 1.54) is 0 Å². The summed E-state index contributed by atoms with van der Waals surface area (Å²) in [6.07, 6.45) is 1.62. The average molecular weight is 436 g/mol. The molecule has 7 nitrogen and oxygen atoms in total. The predicted molar refractivity (Wildman–Crippen MR) is 118 cm³/mol. The average Bonchev–Trinajstić information content (AvgIpc) is 2.61. The van der Waals surface area contributed by atoms with Crippen molar-refractivity contribution in [1.82, 2.24) is 5.32 Å². The number of benzene rings is 1. The van der Waals surface area contributed by atoms with Crippen LogP contribution >= 0.6 is 11.8 Å². The molecule has 1 amide bonds. The fraction of sp³-hybridized carbons (Fsp3) is 0.500. The van der Waals surface area contributed by atoms with Crippen LogP contribution in [0.15, 0.2) is 21.3 Å². The third-order valence-corrected chi connectivity index (χ3v) is 5.10. The van der Waals surface area contributed by atoms with Crippen molar-refractivity contribution in [1.29, 1.82) is 0 Å². The molecule has 0 unspecified atom stereocenters. The van der Waals surface area contributed by atoms with Crippen LogP contribution in [0.25, 0.3) is 11.0 Å². The van der Waals surface area contributed by atoms with Gasteiger partial charge in [-0.25, -0.2) is 14.4 Å². The molecule has 8 heteroatoms. The highest BCUT2D eigenvalue weighted by atomic mass is 32.2. The second-order valence-corrected chi connectivity index (χ2v) is 9.16. The minimum atomic E-state index is -0.875. The van der Waals surface area contributed by atoms with E-state index in [2.05, 4.69) is 5.32 Å². The molecular weight excluding hydrogens is 406 g/mol. The van der Waals surface area contributed by atoms with E-state index >= 15 is 0 Å². The van der Waals surface area contributed by atoms with Gasteiger partial charge in [-0.1, -0.05) is 0 Å². The van der Waals surface area contributed by atoms with E-state index in [1.54, 1.807) is 58.5 Å². The second kappa shape index (κ2) is 9.55. The zero-order chi connectivity index (χ0) is 22.6. The quantitative estimate of drug-likeness (QED) is 0.411. The molecule has 2 aromatic rings. The number of nitrogens with one attached hydrogen (secondary N) is 1. The molecule has 1 atom stereocenters. The second-order valence-electron chi connectivity index (χ2n) is 8.18. The van der Waals surface area contributed by atoms with E-state index in [9.17, 15) is 14.4 Å². The van der Waals surface area contributed by atoms with Gasteiger partial charge in [0.2, 0.25) is 0 Å². The Balaban J connectivity index is 2.36. The van der Waals surface area contributed by atoms with Crippen molar-refractivity contribution in [2.24, 2.45) is 0 Å². The van der Waals surface area contributed by atoms with Gasteiger partial charge in [0, 0.05) is 5.56 Å². The fourth-order valence-corrected chi connectivity index (χ4v) is 3.35. The minimum Gasteiger partial charge on any atom is -0.444 e. The van der Waals surface area contributed by atoms with E-state index in [0.29, 0.717) is 40.0 Å². The van der Waals surface area contributed by atoms with Crippen LogP contribution in [0.3, 0.4) is 0 Å². The van der Waals surface area contributed by atoms with Crippen molar-refractivity contribution in [2.75, 3.05) is 12.0 Å². The molecule has 2 rings (SSSR count). The standard InChI is InChI=1S/C22H29NO6S/c1-12-10-16-18(13(2)14(3)19(24)27-16)17(11-12)28-20(25)15(8-9-30-7)23-21(26)29-22(4,5)6/h10-11,15H,8-9H2,1-7H3,(H,23,26)/t15-/m1/s1. The lowest BCUT2D eigenvalue weighted by Crippen LogP contribution is -2.45. The van der Waals surface area contributed by atoms with Gasteiger partial charge in [-0.2, -0.15) is 11.8 Å². The van der Waals surface area contributed by atoms with Gasteiger partial charge < -0.3 is 19.2 Å². The Hall–Kier alpha value is -2.48. The maximum Gasteiger partial charge on any atom is 0.408 e. The highest BCUT2D eigenvalue weighted by Crippen LogP contribution is 2.31. The lowest BCUT2D eigenvalue weighted by atomic mass is 10.0. The van der Waals surface area contributed by atoms with Gasteiger partial charge in [0.15, 0.2) is 0 Å². The topological polar surface area (TPSA) is 94.8 Å². The molecule has 0 aliphatic heterocycles. The molecule has 0 spiro atoms. The summed E-state index contributed by atoms with van der Waals surface area (Å²) in [5, 5.41) is 3.17. The third kappa shape index (κ3) is 6.01. The summed E-state index contributed by atoms with van der Waals surface area (Å²) in [4.78, 5) is 37.2. The number of esters is 1. The minimum absolute atomic E-state index is 0.291. The lowest BCUT2D eigenvalue weighted by Gasteiger charge is -2.23. The van der Waals surface area contributed by atoms with Crippen LogP contribution in [0.4, 0.5) is 4.79 Å². The molecule has 30 heavy (non-hydrogen) atoms. The SMILES string of the molecule is CSCC[C@@H](NC(=O)OC(C)(C)C)C(=O)Oc1cc(C)cc2oc(=O)c(C)c(C)c12. The molecule has 0 aliphatic carbocycles. The number of aryl methyl sites for hydroxylation is 2. The Morgan fingerprint density at radius 3 is 2.43 bits per heavy atom. The third-order valence-electron chi connectivity index (χ3n) is 4.45. The van der Waals surface area contributed by atoms with Crippen molar-refractivity contribution in [3.05, 3.63) is 39.2 Å². The molecule has 0 radical (unpaired) electrons. The number of ether oxygens (including phenoxy) is 2. The number of fused-ring (bicyclic) bond motifs is 1. The first kappa shape index (κ1) is 23.8. The number of carbonyl (C=O) groups is 2. The van der Waals surface area contributed by atoms with Crippen molar-refractivity contribution in [2.45, 2.75) is 59.6 Å². The van der Waals surface area contributed by atoms with Crippen LogP contribution in [0.1, 0.15) is 43.9 Å². The molecule has 0 saturated carbocycles. The largest absolute Gasteiger partial charge is 0.444 e. The predicted octanol–water partition coefficient (Wildman–Crippen LogP) is 4.27. The summed E-state index contributed by atoms with van der Waals surface area (Å²) in [7, 11) is 0. The van der Waals surface area contributed by atoms with Crippen molar-refractivity contribution in [3.63, 3.8) is 0 Å². The van der Waals surface area contributed by atoms with Gasteiger partial charge in [-0.3, -0.25) is 0 Å². The van der Waals surface area contributed by atoms with E-state index in [0.717, 1.165) is 5.56 Å². The Morgan fingerprint density at radius 1 is 1.17 bits per heavy atom. The highest BCUT2D eigenvalue weighted by molar-refractivity contribution is 7.98. The molecule has 1 aromatic heterocycles. The summed E-state index contributed by atoms with van der Waals surface area (Å²) in [5.74, 6) is 0.335. The summed E-state index contributed by atoms with van der Waals surface area (Å²) < 4.78 is 16.3. The van der Waals surface area contributed by atoms with Gasteiger partial charge in [0.1, 0.15) is 23.0 Å². The molecule has 0 aliphatic rings. The number of amides is 1. The highest BCUT2D eigenvalue weighted by Gasteiger charge is 2.27. The van der Waals surface area contributed by atoms with Gasteiger partial charge >= 0.3 is 17.7 Å². The van der Waals surface area contributed by atoms with E-state index in [1.807, 2.05) is 13.2 Å². The van der Waals surface area contributed by atoms with Crippen molar-refractivity contribution in [3.8, 4) is 5.75 Å². The van der Waals surface area contributed by atoms with Crippen LogP contribution in [0.5, 0.6) is 5.75 Å². The summed E-state index contributed by atoms with van der Waals surface area (Å²) >= 11 is 1.56. The van der Waals surface area contributed by atoms with Crippen molar-refractivity contribution >= 4 is 34.8 Å². The number of hydrogen-bond donors (Lipinski definition) is 1. The normalized spacial score (nSPS) is 12.5. The van der Waals surface area contributed by atoms with Crippen LogP contribution in [0, 0.1) is 20.8 Å². The molecule has 0 bridgehead atoms. The Kier molecular flexibility index (Phi) is 7.58. The maximum absolute atomic E-state index is 12.9. The van der Waals surface area contributed by atoms with Crippen LogP contribution in [-0.4, -0.2) is 35.7 Å². The van der Waals surface area contributed by atoms with Gasteiger partial charge in [0.05, 0.1) is 5.39 Å². The Bertz CT molecular complexity index is 1010. The summed E-state index contributed by atoms with van der Waals surface area (Å²) in [6, 6.07) is 2.57. The summed E-state index contributed by atoms with van der Waals surface area (Å²) in [5.41, 5.74) is 1.16. The Morgan fingerprint density at radius 2 is 1.83 bits per heavy atom. The first-order valence-corrected chi connectivity index (χ1v) is 11.1. The molecule has 164 valence electrons. The molecule has 1 N–H and O–H groups in total.